The van der Waals surface area contributed by atoms with Crippen molar-refractivity contribution in [2.75, 3.05) is 13.2 Å². The molecule has 2 N–H and O–H groups in total. The van der Waals surface area contributed by atoms with Crippen LogP contribution in [0.5, 0.6) is 0 Å². The number of rotatable bonds is 6. The molecule has 7 heteroatoms. The summed E-state index contributed by atoms with van der Waals surface area (Å²) < 4.78 is 1.72. The van der Waals surface area contributed by atoms with Gasteiger partial charge in [0.25, 0.3) is 5.56 Å². The Morgan fingerprint density at radius 3 is 2.63 bits per heavy atom. The highest BCUT2D eigenvalue weighted by Crippen LogP contribution is 2.50. The summed E-state index contributed by atoms with van der Waals surface area (Å²) in [5.41, 5.74) is 1.20. The third-order valence-corrected chi connectivity index (χ3v) is 7.17. The van der Waals surface area contributed by atoms with Gasteiger partial charge in [-0.3, -0.25) is 14.4 Å². The van der Waals surface area contributed by atoms with E-state index in [9.17, 15) is 19.5 Å². The van der Waals surface area contributed by atoms with E-state index in [4.69, 9.17) is 0 Å². The van der Waals surface area contributed by atoms with Crippen LogP contribution in [-0.2, 0) is 16.1 Å². The predicted molar refractivity (Wildman–Crippen MR) is 111 cm³/mol. The molecule has 160 valence electrons. The summed E-state index contributed by atoms with van der Waals surface area (Å²) >= 11 is 0. The number of aliphatic hydroxyl groups is 1. The molecule has 0 radical (unpaired) electrons. The molecule has 0 spiro atoms. The lowest BCUT2D eigenvalue weighted by atomic mass is 9.86. The molecule has 30 heavy (non-hydrogen) atoms. The molecule has 2 saturated carbocycles. The molecular weight excluding hydrogens is 382 g/mol. The second-order valence-electron chi connectivity index (χ2n) is 9.22. The van der Waals surface area contributed by atoms with Crippen molar-refractivity contribution in [3.8, 4) is 0 Å². The zero-order valence-electron chi connectivity index (χ0n) is 17.3. The highest BCUT2D eigenvalue weighted by atomic mass is 16.3. The van der Waals surface area contributed by atoms with Gasteiger partial charge in [-0.15, -0.1) is 0 Å². The van der Waals surface area contributed by atoms with Gasteiger partial charge in [0.15, 0.2) is 0 Å². The Labute approximate surface area is 175 Å². The number of hydrogen-bond acceptors (Lipinski definition) is 4. The largest absolute Gasteiger partial charge is 0.396 e. The van der Waals surface area contributed by atoms with Crippen LogP contribution < -0.4 is 10.9 Å². The number of carbonyl (C=O) groups excluding carboxylic acids is 2. The van der Waals surface area contributed by atoms with Gasteiger partial charge in [-0.05, 0) is 50.7 Å². The number of nitrogens with one attached hydrogen (secondary N) is 1. The van der Waals surface area contributed by atoms with E-state index >= 15 is 0 Å². The lowest BCUT2D eigenvalue weighted by Gasteiger charge is -2.38. The standard InChI is InChI=1S/C23H29N3O4/c1-2-3-14-8-9-17-20-19(21(28)24-10-13-4-5-13)16(12-27)18(11-25(17)22(14)29)26(20)23(30)15-6-7-15/h2-3,8-9,13,15-16,18-20,27H,4-7,10-12H2,1H3,(H,24,28)/b3-2-/t16-,18-,19+,20+/m1/s1. The molecule has 2 aliphatic carbocycles. The highest BCUT2D eigenvalue weighted by Gasteiger charge is 2.58. The Kier molecular flexibility index (Phi) is 4.81. The maximum atomic E-state index is 13.2. The Hall–Kier alpha value is -2.41. The smallest absolute Gasteiger partial charge is 0.258 e. The molecule has 7 nitrogen and oxygen atoms in total. The number of nitrogens with zero attached hydrogens (tertiary/aromatic N) is 2. The minimum atomic E-state index is -0.540. The average Bonchev–Trinajstić information content (AvgIpc) is 3.64. The first-order chi connectivity index (χ1) is 14.5. The lowest BCUT2D eigenvalue weighted by Crippen LogP contribution is -2.49. The van der Waals surface area contributed by atoms with Gasteiger partial charge < -0.3 is 19.9 Å². The minimum Gasteiger partial charge on any atom is -0.396 e. The van der Waals surface area contributed by atoms with Gasteiger partial charge >= 0.3 is 0 Å². The molecule has 2 amide bonds. The summed E-state index contributed by atoms with van der Waals surface area (Å²) in [7, 11) is 0. The number of aliphatic hydroxyl groups excluding tert-OH is 1. The van der Waals surface area contributed by atoms with E-state index in [0.29, 0.717) is 30.3 Å². The molecule has 4 aliphatic rings. The zero-order chi connectivity index (χ0) is 21.0. The van der Waals surface area contributed by atoms with Crippen molar-refractivity contribution in [2.24, 2.45) is 23.7 Å². The average molecular weight is 412 g/mol. The predicted octanol–water partition coefficient (Wildman–Crippen LogP) is 1.31. The summed E-state index contributed by atoms with van der Waals surface area (Å²) in [5.74, 6) is -0.394. The molecule has 0 aromatic carbocycles. The number of carbonyl (C=O) groups is 2. The molecule has 5 rings (SSSR count). The van der Waals surface area contributed by atoms with Crippen molar-refractivity contribution in [2.45, 2.75) is 51.2 Å². The van der Waals surface area contributed by atoms with Crippen LogP contribution in [0.25, 0.3) is 6.08 Å². The van der Waals surface area contributed by atoms with Gasteiger partial charge in [0, 0.05) is 42.8 Å². The van der Waals surface area contributed by atoms with Crippen molar-refractivity contribution >= 4 is 17.9 Å². The van der Waals surface area contributed by atoms with Crippen LogP contribution >= 0.6 is 0 Å². The summed E-state index contributed by atoms with van der Waals surface area (Å²) in [6.45, 7) is 2.66. The highest BCUT2D eigenvalue weighted by molar-refractivity contribution is 5.86. The van der Waals surface area contributed by atoms with Gasteiger partial charge in [-0.1, -0.05) is 12.2 Å². The fraction of sp³-hybridized carbons (Fsp3) is 0.609. The van der Waals surface area contributed by atoms with Crippen LogP contribution in [0.2, 0.25) is 0 Å². The number of amides is 2. The van der Waals surface area contributed by atoms with E-state index in [1.54, 1.807) is 16.7 Å². The summed E-state index contributed by atoms with van der Waals surface area (Å²) in [5, 5.41) is 13.3. The minimum absolute atomic E-state index is 0.0168. The molecule has 2 aliphatic heterocycles. The van der Waals surface area contributed by atoms with Crippen molar-refractivity contribution in [3.05, 3.63) is 39.8 Å². The van der Waals surface area contributed by atoms with E-state index in [1.165, 1.54) is 0 Å². The number of aromatic nitrogens is 1. The molecule has 1 aromatic heterocycles. The molecule has 3 fully saturated rings. The first-order valence-electron chi connectivity index (χ1n) is 11.1. The van der Waals surface area contributed by atoms with Crippen LogP contribution in [0.4, 0.5) is 0 Å². The van der Waals surface area contributed by atoms with E-state index < -0.39 is 12.0 Å². The summed E-state index contributed by atoms with van der Waals surface area (Å²) in [6.07, 6.45) is 7.64. The second kappa shape index (κ2) is 7.38. The van der Waals surface area contributed by atoms with Crippen LogP contribution in [0, 0.1) is 23.7 Å². The molecular formula is C23H29N3O4. The SMILES string of the molecule is C/C=C\c1ccc2n(c1=O)C[C@@H]1[C@@H](CO)[C@H](C(=O)NCC3CC3)[C@H]2N1C(=O)C1CC1. The fourth-order valence-electron chi connectivity index (χ4n) is 5.26. The molecule has 1 aromatic rings. The lowest BCUT2D eigenvalue weighted by molar-refractivity contribution is -0.138. The first-order valence-corrected chi connectivity index (χ1v) is 11.1. The Morgan fingerprint density at radius 2 is 2.00 bits per heavy atom. The topological polar surface area (TPSA) is 91.6 Å². The molecule has 4 atom stereocenters. The van der Waals surface area contributed by atoms with Gasteiger partial charge in [0.2, 0.25) is 11.8 Å². The zero-order valence-corrected chi connectivity index (χ0v) is 17.3. The number of pyridine rings is 1. The van der Waals surface area contributed by atoms with Crippen molar-refractivity contribution in [1.29, 1.82) is 0 Å². The van der Waals surface area contributed by atoms with Crippen molar-refractivity contribution < 1.29 is 14.7 Å². The van der Waals surface area contributed by atoms with E-state index in [0.717, 1.165) is 25.7 Å². The Bertz CT molecular complexity index is 960. The third-order valence-electron chi connectivity index (χ3n) is 7.17. The van der Waals surface area contributed by atoms with Crippen LogP contribution in [0.1, 0.15) is 49.9 Å². The van der Waals surface area contributed by atoms with Crippen LogP contribution in [-0.4, -0.2) is 45.6 Å². The van der Waals surface area contributed by atoms with Gasteiger partial charge in [0.1, 0.15) is 0 Å². The van der Waals surface area contributed by atoms with E-state index in [-0.39, 0.29) is 41.9 Å². The molecule has 3 heterocycles. The maximum absolute atomic E-state index is 13.2. The Balaban J connectivity index is 1.58. The quantitative estimate of drug-likeness (QED) is 0.738. The third kappa shape index (κ3) is 3.11. The maximum Gasteiger partial charge on any atom is 0.258 e. The molecule has 1 saturated heterocycles. The molecule has 0 unspecified atom stereocenters. The summed E-state index contributed by atoms with van der Waals surface area (Å²) in [4.78, 5) is 41.4. The van der Waals surface area contributed by atoms with Crippen molar-refractivity contribution in [3.63, 3.8) is 0 Å². The molecule has 2 bridgehead atoms. The van der Waals surface area contributed by atoms with Crippen LogP contribution in [0.15, 0.2) is 23.0 Å². The van der Waals surface area contributed by atoms with Gasteiger partial charge in [-0.25, -0.2) is 0 Å². The monoisotopic (exact) mass is 411 g/mol. The second-order valence-corrected chi connectivity index (χ2v) is 9.22. The van der Waals surface area contributed by atoms with Gasteiger partial charge in [-0.2, -0.15) is 0 Å². The fourth-order valence-corrected chi connectivity index (χ4v) is 5.26. The normalized spacial score (nSPS) is 29.9. The van der Waals surface area contributed by atoms with E-state index in [2.05, 4.69) is 5.32 Å². The van der Waals surface area contributed by atoms with Crippen molar-refractivity contribution in [1.82, 2.24) is 14.8 Å². The number of hydrogen-bond donors (Lipinski definition) is 2. The first kappa shape index (κ1) is 19.5. The Morgan fingerprint density at radius 1 is 1.23 bits per heavy atom. The van der Waals surface area contributed by atoms with Crippen LogP contribution in [0.3, 0.4) is 0 Å². The number of fused-ring (bicyclic) bond motifs is 4. The van der Waals surface area contributed by atoms with Gasteiger partial charge in [0.05, 0.1) is 18.0 Å². The van der Waals surface area contributed by atoms with E-state index in [1.807, 2.05) is 24.0 Å². The summed E-state index contributed by atoms with van der Waals surface area (Å²) in [6, 6.07) is 2.82. The number of allylic oxidation sites excluding steroid dienone is 1.